The number of hydrogen-bond acceptors (Lipinski definition) is 4. The van der Waals surface area contributed by atoms with Gasteiger partial charge in [0, 0.05) is 11.7 Å². The summed E-state index contributed by atoms with van der Waals surface area (Å²) in [7, 11) is 0. The number of hydrogen-bond donors (Lipinski definition) is 2. The van der Waals surface area contributed by atoms with Crippen LogP contribution in [0.4, 0.5) is 11.5 Å². The van der Waals surface area contributed by atoms with Crippen LogP contribution in [0.5, 0.6) is 0 Å². The topological polar surface area (TPSA) is 87.9 Å². The summed E-state index contributed by atoms with van der Waals surface area (Å²) in [6, 6.07) is 7.97. The van der Waals surface area contributed by atoms with Gasteiger partial charge in [-0.15, -0.1) is 10.2 Å². The molecule has 6 heteroatoms. The van der Waals surface area contributed by atoms with Gasteiger partial charge in [-0.1, -0.05) is 18.2 Å². The Morgan fingerprint density at radius 3 is 2.94 bits per heavy atom. The number of H-pyrrole nitrogens is 1. The largest absolute Gasteiger partial charge is 0.380 e. The zero-order valence-electron chi connectivity index (χ0n) is 9.92. The van der Waals surface area contributed by atoms with Crippen molar-refractivity contribution in [3.63, 3.8) is 0 Å². The monoisotopic (exact) mass is 243 g/mol. The van der Waals surface area contributed by atoms with Crippen LogP contribution < -0.4 is 10.6 Å². The van der Waals surface area contributed by atoms with E-state index in [2.05, 4.69) is 15.4 Å². The number of nitrogens with one attached hydrogen (secondary N) is 1. The lowest BCUT2D eigenvalue weighted by atomic mass is 10.1. The highest BCUT2D eigenvalue weighted by atomic mass is 16.2. The first-order chi connectivity index (χ1) is 8.68. The molecule has 18 heavy (non-hydrogen) atoms. The van der Waals surface area contributed by atoms with Crippen molar-refractivity contribution in [2.24, 2.45) is 0 Å². The molecule has 0 bridgehead atoms. The molecule has 0 aliphatic carbocycles. The van der Waals surface area contributed by atoms with Crippen molar-refractivity contribution in [3.05, 3.63) is 35.5 Å². The fourth-order valence-electron chi connectivity index (χ4n) is 2.39. The molecule has 6 nitrogen and oxygen atoms in total. The molecule has 0 radical (unpaired) electrons. The molecule has 0 saturated carbocycles. The average Bonchev–Trinajstić information content (AvgIpc) is 2.91. The Hall–Kier alpha value is -2.37. The van der Waals surface area contributed by atoms with Gasteiger partial charge < -0.3 is 10.6 Å². The number of nitrogens with two attached hydrogens (primary N) is 1. The van der Waals surface area contributed by atoms with Crippen LogP contribution in [0.2, 0.25) is 0 Å². The van der Waals surface area contributed by atoms with Crippen LogP contribution in [0.25, 0.3) is 0 Å². The van der Waals surface area contributed by atoms with E-state index in [1.54, 1.807) is 4.90 Å². The molecule has 1 amide bonds. The SMILES string of the molecule is CC1Cc2ccccc2N1C(=O)c1n[nH]nc1N. The van der Waals surface area contributed by atoms with Gasteiger partial charge in [0.2, 0.25) is 0 Å². The zero-order valence-corrected chi connectivity index (χ0v) is 9.92. The molecule has 0 saturated heterocycles. The fraction of sp³-hybridized carbons (Fsp3) is 0.250. The van der Waals surface area contributed by atoms with Gasteiger partial charge in [-0.2, -0.15) is 5.21 Å². The first-order valence-electron chi connectivity index (χ1n) is 5.76. The molecule has 2 aromatic rings. The molecule has 1 aliphatic rings. The van der Waals surface area contributed by atoms with E-state index in [9.17, 15) is 4.79 Å². The van der Waals surface area contributed by atoms with E-state index >= 15 is 0 Å². The van der Waals surface area contributed by atoms with Crippen molar-refractivity contribution in [2.45, 2.75) is 19.4 Å². The molecule has 1 unspecified atom stereocenters. The molecule has 1 aliphatic heterocycles. The number of para-hydroxylation sites is 1. The van der Waals surface area contributed by atoms with Crippen molar-refractivity contribution in [2.75, 3.05) is 10.6 Å². The number of nitrogen functional groups attached to an aromatic ring is 1. The quantitative estimate of drug-likeness (QED) is 0.781. The van der Waals surface area contributed by atoms with Gasteiger partial charge in [0.1, 0.15) is 0 Å². The van der Waals surface area contributed by atoms with E-state index < -0.39 is 0 Å². The van der Waals surface area contributed by atoms with Crippen LogP contribution >= 0.6 is 0 Å². The van der Waals surface area contributed by atoms with Gasteiger partial charge in [0.05, 0.1) is 0 Å². The summed E-state index contributed by atoms with van der Waals surface area (Å²) in [5.41, 5.74) is 7.90. The first kappa shape index (κ1) is 10.8. The van der Waals surface area contributed by atoms with Gasteiger partial charge >= 0.3 is 0 Å². The summed E-state index contributed by atoms with van der Waals surface area (Å²) >= 11 is 0. The summed E-state index contributed by atoms with van der Waals surface area (Å²) in [5, 5.41) is 9.87. The first-order valence-corrected chi connectivity index (χ1v) is 5.76. The molecule has 92 valence electrons. The maximum atomic E-state index is 12.4. The lowest BCUT2D eigenvalue weighted by Crippen LogP contribution is -2.36. The molecule has 1 aromatic heterocycles. The van der Waals surface area contributed by atoms with E-state index in [0.29, 0.717) is 0 Å². The van der Waals surface area contributed by atoms with Gasteiger partial charge in [-0.05, 0) is 25.0 Å². The Morgan fingerprint density at radius 1 is 1.44 bits per heavy atom. The number of nitrogens with zero attached hydrogens (tertiary/aromatic N) is 3. The standard InChI is InChI=1S/C12H13N5O/c1-7-6-8-4-2-3-5-9(8)17(7)12(18)10-11(13)15-16-14-10/h2-5,7H,6H2,1H3,(H3,13,14,15,16). The minimum atomic E-state index is -0.210. The van der Waals surface area contributed by atoms with Crippen LogP contribution in [0.1, 0.15) is 23.0 Å². The minimum absolute atomic E-state index is 0.103. The van der Waals surface area contributed by atoms with Crippen molar-refractivity contribution < 1.29 is 4.79 Å². The van der Waals surface area contributed by atoms with E-state index in [0.717, 1.165) is 12.1 Å². The number of amides is 1. The molecular weight excluding hydrogens is 230 g/mol. The van der Waals surface area contributed by atoms with Crippen molar-refractivity contribution in [1.82, 2.24) is 15.4 Å². The second kappa shape index (κ2) is 3.83. The fourth-order valence-corrected chi connectivity index (χ4v) is 2.39. The highest BCUT2D eigenvalue weighted by Crippen LogP contribution is 2.33. The number of fused-ring (bicyclic) bond motifs is 1. The van der Waals surface area contributed by atoms with Crippen molar-refractivity contribution in [1.29, 1.82) is 0 Å². The second-order valence-corrected chi connectivity index (χ2v) is 4.41. The summed E-state index contributed by atoms with van der Waals surface area (Å²) in [4.78, 5) is 14.2. The Morgan fingerprint density at radius 2 is 2.22 bits per heavy atom. The number of aromatic nitrogens is 3. The minimum Gasteiger partial charge on any atom is -0.380 e. The summed E-state index contributed by atoms with van der Waals surface area (Å²) < 4.78 is 0. The number of benzene rings is 1. The molecule has 0 spiro atoms. The second-order valence-electron chi connectivity index (χ2n) is 4.41. The highest BCUT2D eigenvalue weighted by molar-refractivity contribution is 6.08. The predicted molar refractivity (Wildman–Crippen MR) is 67.2 cm³/mol. The Balaban J connectivity index is 2.03. The maximum absolute atomic E-state index is 12.4. The zero-order chi connectivity index (χ0) is 12.7. The third kappa shape index (κ3) is 1.46. The molecule has 1 atom stereocenters. The Labute approximate surface area is 104 Å². The maximum Gasteiger partial charge on any atom is 0.282 e. The van der Waals surface area contributed by atoms with E-state index in [-0.39, 0.29) is 23.5 Å². The van der Waals surface area contributed by atoms with E-state index in [4.69, 9.17) is 5.73 Å². The lowest BCUT2D eigenvalue weighted by Gasteiger charge is -2.21. The number of rotatable bonds is 1. The van der Waals surface area contributed by atoms with Gasteiger partial charge in [0.15, 0.2) is 11.5 Å². The van der Waals surface area contributed by atoms with E-state index in [1.165, 1.54) is 5.56 Å². The summed E-state index contributed by atoms with van der Waals surface area (Å²) in [5.74, 6) is -0.0738. The summed E-state index contributed by atoms with van der Waals surface area (Å²) in [6.45, 7) is 2.01. The van der Waals surface area contributed by atoms with Gasteiger partial charge in [-0.25, -0.2) is 0 Å². The molecule has 3 rings (SSSR count). The molecule has 1 aromatic carbocycles. The normalized spacial score (nSPS) is 17.8. The Kier molecular flexibility index (Phi) is 2.29. The predicted octanol–water partition coefficient (Wildman–Crippen LogP) is 0.978. The van der Waals surface area contributed by atoms with Crippen LogP contribution in [-0.4, -0.2) is 27.4 Å². The van der Waals surface area contributed by atoms with E-state index in [1.807, 2.05) is 31.2 Å². The number of carbonyl (C=O) groups excluding carboxylic acids is 1. The number of aromatic amines is 1. The van der Waals surface area contributed by atoms with Crippen molar-refractivity contribution in [3.8, 4) is 0 Å². The molecule has 2 heterocycles. The van der Waals surface area contributed by atoms with Crippen LogP contribution in [0, 0.1) is 0 Å². The third-order valence-corrected chi connectivity index (χ3v) is 3.20. The van der Waals surface area contributed by atoms with Crippen molar-refractivity contribution >= 4 is 17.4 Å². The van der Waals surface area contributed by atoms with Gasteiger partial charge in [0.25, 0.3) is 5.91 Å². The number of carbonyl (C=O) groups is 1. The van der Waals surface area contributed by atoms with Crippen LogP contribution in [-0.2, 0) is 6.42 Å². The highest BCUT2D eigenvalue weighted by Gasteiger charge is 2.33. The molecule has 3 N–H and O–H groups in total. The molecular formula is C12H13N5O. The average molecular weight is 243 g/mol. The summed E-state index contributed by atoms with van der Waals surface area (Å²) in [6.07, 6.45) is 0.847. The Bertz CT molecular complexity index is 606. The smallest absolute Gasteiger partial charge is 0.282 e. The van der Waals surface area contributed by atoms with Gasteiger partial charge in [-0.3, -0.25) is 4.79 Å². The number of anilines is 2. The lowest BCUT2D eigenvalue weighted by molar-refractivity contribution is 0.0977. The molecule has 0 fully saturated rings. The van der Waals surface area contributed by atoms with Crippen LogP contribution in [0.3, 0.4) is 0 Å². The van der Waals surface area contributed by atoms with Crippen LogP contribution in [0.15, 0.2) is 24.3 Å². The third-order valence-electron chi connectivity index (χ3n) is 3.20.